The Labute approximate surface area is 310 Å². The lowest BCUT2D eigenvalue weighted by atomic mass is 9.85. The zero-order chi connectivity index (χ0) is 38.6. The number of carbonyl (C=O) groups excluding carboxylic acids is 3. The Morgan fingerprint density at radius 1 is 0.774 bits per heavy atom. The zero-order valence-corrected chi connectivity index (χ0v) is 31.3. The van der Waals surface area contributed by atoms with Crippen molar-refractivity contribution in [2.24, 2.45) is 5.41 Å². The number of aliphatic hydroxyl groups is 2. The maximum absolute atomic E-state index is 13.8. The number of pyridine rings is 1. The van der Waals surface area contributed by atoms with Crippen LogP contribution in [0.2, 0.25) is 0 Å². The van der Waals surface area contributed by atoms with Crippen LogP contribution in [-0.4, -0.2) is 82.3 Å². The predicted molar refractivity (Wildman–Crippen MR) is 201 cm³/mol. The number of fused-ring (bicyclic) bond motifs is 1. The van der Waals surface area contributed by atoms with E-state index < -0.39 is 59.4 Å². The fourth-order valence-corrected chi connectivity index (χ4v) is 5.67. The molecular weight excluding hydrogens is 678 g/mol. The van der Waals surface area contributed by atoms with Crippen molar-refractivity contribution in [2.75, 3.05) is 13.1 Å². The first kappa shape index (κ1) is 40.8. The number of hydrogen-bond acceptors (Lipinski definition) is 10. The van der Waals surface area contributed by atoms with Gasteiger partial charge < -0.3 is 45.4 Å². The molecule has 3 amide bonds. The molecule has 0 radical (unpaired) electrons. The van der Waals surface area contributed by atoms with Crippen LogP contribution in [-0.2, 0) is 33.7 Å². The van der Waals surface area contributed by atoms with E-state index in [1.165, 1.54) is 0 Å². The van der Waals surface area contributed by atoms with Crippen molar-refractivity contribution in [3.63, 3.8) is 0 Å². The molecule has 4 aromatic rings. The maximum atomic E-state index is 13.8. The fraction of sp³-hybridized carbons (Fsp3) is 0.450. The van der Waals surface area contributed by atoms with Gasteiger partial charge in [0.05, 0.1) is 30.5 Å². The Balaban J connectivity index is 1.40. The van der Waals surface area contributed by atoms with Gasteiger partial charge in [0, 0.05) is 24.7 Å². The third-order valence-electron chi connectivity index (χ3n) is 8.37. The molecule has 2 heterocycles. The average molecular weight is 732 g/mol. The molecule has 0 saturated carbocycles. The van der Waals surface area contributed by atoms with Gasteiger partial charge in [-0.2, -0.15) is 0 Å². The molecule has 0 unspecified atom stereocenters. The zero-order valence-electron chi connectivity index (χ0n) is 31.3. The Hall–Kier alpha value is -4.98. The van der Waals surface area contributed by atoms with Gasteiger partial charge in [-0.15, -0.1) is 0 Å². The summed E-state index contributed by atoms with van der Waals surface area (Å²) in [5, 5.41) is 35.0. The minimum absolute atomic E-state index is 0.00199. The summed E-state index contributed by atoms with van der Waals surface area (Å²) in [4.78, 5) is 43.4. The molecule has 13 nitrogen and oxygen atoms in total. The van der Waals surface area contributed by atoms with Crippen LogP contribution in [0.1, 0.15) is 58.4 Å². The SMILES string of the molecule is CC(C)(C)OC(=O)N[C@@H](Cc1ccccc1)[C@H](O)CNC[C@@H](O)[C@H](Cc1ccccc1)NC(=O)[C@@H](NC(=O)OCc1cc2ccncc2o1)C(C)(C)C. The van der Waals surface area contributed by atoms with Gasteiger partial charge in [-0.25, -0.2) is 9.59 Å². The summed E-state index contributed by atoms with van der Waals surface area (Å²) < 4.78 is 16.5. The maximum Gasteiger partial charge on any atom is 0.408 e. The summed E-state index contributed by atoms with van der Waals surface area (Å²) >= 11 is 0. The molecule has 53 heavy (non-hydrogen) atoms. The second-order valence-electron chi connectivity index (χ2n) is 15.2. The molecule has 2 aromatic heterocycles. The van der Waals surface area contributed by atoms with Gasteiger partial charge in [0.15, 0.2) is 12.2 Å². The number of aromatic nitrogens is 1. The van der Waals surface area contributed by atoms with Crippen LogP contribution >= 0.6 is 0 Å². The molecule has 0 aliphatic rings. The number of nitrogens with one attached hydrogen (secondary N) is 4. The summed E-state index contributed by atoms with van der Waals surface area (Å²) in [7, 11) is 0. The van der Waals surface area contributed by atoms with Gasteiger partial charge in [0.1, 0.15) is 17.4 Å². The highest BCUT2D eigenvalue weighted by Gasteiger charge is 2.36. The lowest BCUT2D eigenvalue weighted by Gasteiger charge is -2.33. The van der Waals surface area contributed by atoms with E-state index in [0.29, 0.717) is 17.8 Å². The van der Waals surface area contributed by atoms with E-state index in [0.717, 1.165) is 16.5 Å². The molecule has 13 heteroatoms. The molecule has 0 aliphatic carbocycles. The topological polar surface area (TPSA) is 184 Å². The van der Waals surface area contributed by atoms with E-state index in [4.69, 9.17) is 13.9 Å². The van der Waals surface area contributed by atoms with E-state index in [-0.39, 0.29) is 26.1 Å². The molecule has 0 saturated heterocycles. The summed E-state index contributed by atoms with van der Waals surface area (Å²) in [5.74, 6) is -0.0793. The third kappa shape index (κ3) is 13.5. The van der Waals surface area contributed by atoms with Crippen molar-refractivity contribution in [2.45, 2.75) is 96.9 Å². The molecule has 5 atom stereocenters. The monoisotopic (exact) mass is 731 g/mol. The van der Waals surface area contributed by atoms with Crippen molar-refractivity contribution in [1.82, 2.24) is 26.3 Å². The molecule has 4 rings (SSSR count). The summed E-state index contributed by atoms with van der Waals surface area (Å²) in [6.07, 6.45) is 0.235. The Morgan fingerprint density at radius 2 is 1.34 bits per heavy atom. The number of carbonyl (C=O) groups is 3. The number of amides is 3. The molecule has 0 spiro atoms. The van der Waals surface area contributed by atoms with Gasteiger partial charge in [-0.05, 0) is 62.3 Å². The highest BCUT2D eigenvalue weighted by molar-refractivity contribution is 5.86. The van der Waals surface area contributed by atoms with Gasteiger partial charge in [-0.1, -0.05) is 81.4 Å². The van der Waals surface area contributed by atoms with Crippen molar-refractivity contribution in [3.05, 3.63) is 102 Å². The summed E-state index contributed by atoms with van der Waals surface area (Å²) in [6.45, 7) is 10.6. The van der Waals surface area contributed by atoms with Crippen molar-refractivity contribution in [3.8, 4) is 0 Å². The molecule has 0 fully saturated rings. The lowest BCUT2D eigenvalue weighted by Crippen LogP contribution is -2.58. The number of hydrogen-bond donors (Lipinski definition) is 6. The van der Waals surface area contributed by atoms with Gasteiger partial charge in [-0.3, -0.25) is 9.78 Å². The average Bonchev–Trinajstić information content (AvgIpc) is 3.52. The number of nitrogens with zero attached hydrogens (tertiary/aromatic N) is 1. The number of rotatable bonds is 16. The summed E-state index contributed by atoms with van der Waals surface area (Å²) in [6, 6.07) is 19.9. The normalized spacial score (nSPS) is 14.7. The first-order valence-electron chi connectivity index (χ1n) is 17.8. The standard InChI is InChI=1S/C40H53N5O8/c1-39(2,3)35(45-37(49)51-25-29-21-28-17-18-41-24-34(28)52-29)36(48)43-30(19-26-13-9-7-10-14-26)32(46)22-42-23-33(47)31(20-27-15-11-8-12-16-27)44-38(50)53-40(4,5)6/h7-18,21,24,30-33,35,42,46-47H,19-20,22-23,25H2,1-6H3,(H,43,48)(H,44,50)(H,45,49)/t30-,31-,32+,33+,35+/m0/s1. The highest BCUT2D eigenvalue weighted by Crippen LogP contribution is 2.22. The number of ether oxygens (including phenoxy) is 2. The van der Waals surface area contributed by atoms with Crippen LogP contribution in [0.3, 0.4) is 0 Å². The Kier molecular flexibility index (Phi) is 14.4. The minimum Gasteiger partial charge on any atom is -0.456 e. The van der Waals surface area contributed by atoms with Gasteiger partial charge in [0.2, 0.25) is 5.91 Å². The van der Waals surface area contributed by atoms with Gasteiger partial charge in [0.25, 0.3) is 0 Å². The molecule has 286 valence electrons. The first-order valence-corrected chi connectivity index (χ1v) is 17.8. The van der Waals surface area contributed by atoms with E-state index in [1.54, 1.807) is 45.3 Å². The lowest BCUT2D eigenvalue weighted by molar-refractivity contribution is -0.127. The van der Waals surface area contributed by atoms with E-state index in [1.807, 2.05) is 81.4 Å². The largest absolute Gasteiger partial charge is 0.456 e. The quantitative estimate of drug-likeness (QED) is 0.0949. The predicted octanol–water partition coefficient (Wildman–Crippen LogP) is 4.64. The first-order chi connectivity index (χ1) is 25.1. The van der Waals surface area contributed by atoms with Crippen molar-refractivity contribution < 1.29 is 38.5 Å². The van der Waals surface area contributed by atoms with E-state index in [2.05, 4.69) is 26.3 Å². The summed E-state index contributed by atoms with van der Waals surface area (Å²) in [5.41, 5.74) is 0.906. The van der Waals surface area contributed by atoms with E-state index in [9.17, 15) is 24.6 Å². The second kappa shape index (κ2) is 18.7. The van der Waals surface area contributed by atoms with Crippen LogP contribution in [0, 0.1) is 5.41 Å². The second-order valence-corrected chi connectivity index (χ2v) is 15.2. The molecule has 2 aromatic carbocycles. The number of benzene rings is 2. The van der Waals surface area contributed by atoms with Crippen molar-refractivity contribution in [1.29, 1.82) is 0 Å². The highest BCUT2D eigenvalue weighted by atomic mass is 16.6. The third-order valence-corrected chi connectivity index (χ3v) is 8.37. The van der Waals surface area contributed by atoms with Gasteiger partial charge >= 0.3 is 12.2 Å². The molecule has 0 aliphatic heterocycles. The van der Waals surface area contributed by atoms with E-state index >= 15 is 0 Å². The number of alkyl carbamates (subject to hydrolysis) is 2. The number of furan rings is 1. The van der Waals surface area contributed by atoms with Crippen LogP contribution in [0.4, 0.5) is 9.59 Å². The minimum atomic E-state index is -1.10. The molecule has 0 bridgehead atoms. The van der Waals surface area contributed by atoms with Crippen LogP contribution in [0.15, 0.2) is 89.6 Å². The molecule has 6 N–H and O–H groups in total. The van der Waals surface area contributed by atoms with Crippen molar-refractivity contribution >= 4 is 29.1 Å². The van der Waals surface area contributed by atoms with Crippen LogP contribution in [0.25, 0.3) is 11.0 Å². The Bertz CT molecular complexity index is 1720. The Morgan fingerprint density at radius 3 is 1.87 bits per heavy atom. The smallest absolute Gasteiger partial charge is 0.408 e. The number of aliphatic hydroxyl groups excluding tert-OH is 2. The molecular formula is C40H53N5O8. The fourth-order valence-electron chi connectivity index (χ4n) is 5.67. The van der Waals surface area contributed by atoms with Crippen LogP contribution < -0.4 is 21.3 Å². The van der Waals surface area contributed by atoms with Crippen LogP contribution in [0.5, 0.6) is 0 Å².